The van der Waals surface area contributed by atoms with E-state index in [2.05, 4.69) is 46.7 Å². The van der Waals surface area contributed by atoms with Crippen molar-refractivity contribution in [2.24, 2.45) is 0 Å². The summed E-state index contributed by atoms with van der Waals surface area (Å²) in [5, 5.41) is 8.84. The Morgan fingerprint density at radius 1 is 1.31 bits per heavy atom. The van der Waals surface area contributed by atoms with E-state index in [1.807, 2.05) is 0 Å². The third-order valence-corrected chi connectivity index (χ3v) is 2.68. The van der Waals surface area contributed by atoms with Crippen molar-refractivity contribution >= 4 is 11.0 Å². The van der Waals surface area contributed by atoms with Crippen LogP contribution in [0.25, 0.3) is 11.0 Å². The number of aliphatic hydroxyl groups is 1. The van der Waals surface area contributed by atoms with Crippen LogP contribution in [0.3, 0.4) is 0 Å². The summed E-state index contributed by atoms with van der Waals surface area (Å²) in [5.41, 5.74) is 2.51. The lowest BCUT2D eigenvalue weighted by molar-refractivity contribution is -0.672. The Morgan fingerprint density at radius 2 is 2.06 bits per heavy atom. The molecule has 1 aromatic carbocycles. The molecule has 1 heterocycles. The Kier molecular flexibility index (Phi) is 5.21. The Labute approximate surface area is 113 Å². The maximum absolute atomic E-state index is 8.84. The van der Waals surface area contributed by atoms with Gasteiger partial charge in [-0.2, -0.15) is 0 Å². The number of benzene rings is 1. The molecule has 1 aromatic heterocycles. The molecule has 3 nitrogen and oxygen atoms in total. The van der Waals surface area contributed by atoms with Crippen molar-refractivity contribution in [3.05, 3.63) is 30.6 Å². The molecular weight excluding hydrogens is 315 g/mol. The number of aromatic nitrogens is 2. The lowest BCUT2D eigenvalue weighted by Gasteiger charge is -1.93. The maximum Gasteiger partial charge on any atom is 0.244 e. The largest absolute Gasteiger partial charge is 1.00 e. The van der Waals surface area contributed by atoms with E-state index in [1.54, 1.807) is 0 Å². The number of para-hydroxylation sites is 2. The maximum atomic E-state index is 8.84. The Bertz CT molecular complexity index is 453. The van der Waals surface area contributed by atoms with Crippen LogP contribution in [0, 0.1) is 0 Å². The Morgan fingerprint density at radius 3 is 2.75 bits per heavy atom. The van der Waals surface area contributed by atoms with Crippen LogP contribution in [-0.2, 0) is 13.1 Å². The molecular formula is C12H17IN2O. The van der Waals surface area contributed by atoms with Gasteiger partial charge in [-0.05, 0) is 19.1 Å². The summed E-state index contributed by atoms with van der Waals surface area (Å²) in [6, 6.07) is 8.37. The fourth-order valence-electron chi connectivity index (χ4n) is 1.91. The predicted molar refractivity (Wildman–Crippen MR) is 59.5 cm³/mol. The molecule has 16 heavy (non-hydrogen) atoms. The van der Waals surface area contributed by atoms with Crippen molar-refractivity contribution in [2.75, 3.05) is 6.61 Å². The van der Waals surface area contributed by atoms with Gasteiger partial charge in [-0.25, -0.2) is 9.13 Å². The van der Waals surface area contributed by atoms with E-state index in [0.717, 1.165) is 19.5 Å². The van der Waals surface area contributed by atoms with Gasteiger partial charge < -0.3 is 29.1 Å². The van der Waals surface area contributed by atoms with Crippen molar-refractivity contribution in [2.45, 2.75) is 26.4 Å². The van der Waals surface area contributed by atoms with Crippen molar-refractivity contribution in [3.63, 3.8) is 0 Å². The second-order valence-corrected chi connectivity index (χ2v) is 3.66. The zero-order valence-corrected chi connectivity index (χ0v) is 11.6. The van der Waals surface area contributed by atoms with Gasteiger partial charge in [-0.3, -0.25) is 0 Å². The van der Waals surface area contributed by atoms with Crippen molar-refractivity contribution in [1.29, 1.82) is 0 Å². The Hall–Kier alpha value is -0.620. The van der Waals surface area contributed by atoms with E-state index >= 15 is 0 Å². The molecule has 2 rings (SSSR count). The highest BCUT2D eigenvalue weighted by Crippen LogP contribution is 2.10. The number of halogens is 1. The molecule has 0 aliphatic carbocycles. The van der Waals surface area contributed by atoms with Gasteiger partial charge >= 0.3 is 0 Å². The first kappa shape index (κ1) is 13.4. The molecule has 0 unspecified atom stereocenters. The minimum absolute atomic E-state index is 0. The van der Waals surface area contributed by atoms with Gasteiger partial charge in [0.05, 0.1) is 13.1 Å². The zero-order chi connectivity index (χ0) is 10.7. The molecule has 0 aliphatic rings. The first-order valence-corrected chi connectivity index (χ1v) is 5.45. The number of imidazole rings is 1. The molecule has 2 aromatic rings. The molecule has 4 heteroatoms. The van der Waals surface area contributed by atoms with Crippen molar-refractivity contribution in [3.8, 4) is 0 Å². The lowest BCUT2D eigenvalue weighted by Crippen LogP contribution is -3.00. The molecule has 0 saturated carbocycles. The van der Waals surface area contributed by atoms with E-state index in [4.69, 9.17) is 5.11 Å². The van der Waals surface area contributed by atoms with Gasteiger partial charge in [0, 0.05) is 13.0 Å². The minimum atomic E-state index is 0. The van der Waals surface area contributed by atoms with Gasteiger partial charge in [-0.1, -0.05) is 12.1 Å². The molecule has 0 bridgehead atoms. The molecule has 0 amide bonds. The van der Waals surface area contributed by atoms with E-state index < -0.39 is 0 Å². The summed E-state index contributed by atoms with van der Waals surface area (Å²) in [6.07, 6.45) is 2.93. The molecule has 0 saturated heterocycles. The van der Waals surface area contributed by atoms with Gasteiger partial charge in [-0.15, -0.1) is 0 Å². The third-order valence-electron chi connectivity index (χ3n) is 2.68. The highest BCUT2D eigenvalue weighted by atomic mass is 127. The molecule has 0 atom stereocenters. The van der Waals surface area contributed by atoms with Gasteiger partial charge in [0.2, 0.25) is 6.33 Å². The van der Waals surface area contributed by atoms with Gasteiger partial charge in [0.25, 0.3) is 0 Å². The summed E-state index contributed by atoms with van der Waals surface area (Å²) in [7, 11) is 0. The summed E-state index contributed by atoms with van der Waals surface area (Å²) in [5.74, 6) is 0. The first-order valence-electron chi connectivity index (χ1n) is 5.45. The SMILES string of the molecule is CCn1c[n+](CCCO)c2ccccc21.[I-]. The minimum Gasteiger partial charge on any atom is -1.00 e. The smallest absolute Gasteiger partial charge is 0.244 e. The van der Waals surface area contributed by atoms with Crippen LogP contribution in [0.15, 0.2) is 30.6 Å². The van der Waals surface area contributed by atoms with Gasteiger partial charge in [0.1, 0.15) is 0 Å². The van der Waals surface area contributed by atoms with Crippen LogP contribution in [-0.4, -0.2) is 16.3 Å². The fraction of sp³-hybridized carbons (Fsp3) is 0.417. The third kappa shape index (κ3) is 2.55. The highest BCUT2D eigenvalue weighted by Gasteiger charge is 2.12. The number of aryl methyl sites for hydroxylation is 2. The van der Waals surface area contributed by atoms with Crippen LogP contribution < -0.4 is 28.5 Å². The molecule has 0 spiro atoms. The summed E-state index contributed by atoms with van der Waals surface area (Å²) < 4.78 is 4.43. The second kappa shape index (κ2) is 6.20. The summed E-state index contributed by atoms with van der Waals surface area (Å²) >= 11 is 0. The van der Waals surface area contributed by atoms with Crippen LogP contribution in [0.2, 0.25) is 0 Å². The summed E-state index contributed by atoms with van der Waals surface area (Å²) in [4.78, 5) is 0. The van der Waals surface area contributed by atoms with Crippen LogP contribution in [0.5, 0.6) is 0 Å². The van der Waals surface area contributed by atoms with Crippen LogP contribution in [0.4, 0.5) is 0 Å². The molecule has 0 radical (unpaired) electrons. The number of fused-ring (bicyclic) bond motifs is 1. The number of rotatable bonds is 4. The quantitative estimate of drug-likeness (QED) is 0.527. The lowest BCUT2D eigenvalue weighted by atomic mass is 10.3. The zero-order valence-electron chi connectivity index (χ0n) is 9.43. The Balaban J connectivity index is 0.00000128. The normalized spacial score (nSPS) is 10.4. The number of aliphatic hydroxyl groups excluding tert-OH is 1. The summed E-state index contributed by atoms with van der Waals surface area (Å²) in [6.45, 7) is 4.25. The molecule has 1 N–H and O–H groups in total. The van der Waals surface area contributed by atoms with E-state index in [9.17, 15) is 0 Å². The van der Waals surface area contributed by atoms with Crippen LogP contribution in [0.1, 0.15) is 13.3 Å². The van der Waals surface area contributed by atoms with E-state index in [0.29, 0.717) is 0 Å². The first-order chi connectivity index (χ1) is 7.36. The highest BCUT2D eigenvalue weighted by molar-refractivity contribution is 5.71. The standard InChI is InChI=1S/C12H17N2O.HI/c1-2-13-10-14(8-5-9-15)12-7-4-3-6-11(12)13;/h3-4,6-7,10,15H,2,5,8-9H2,1H3;1H/q+1;/p-1. The average Bonchev–Trinajstić information content (AvgIpc) is 2.65. The molecule has 88 valence electrons. The number of nitrogens with zero attached hydrogens (tertiary/aromatic N) is 2. The average molecular weight is 332 g/mol. The van der Waals surface area contributed by atoms with E-state index in [1.165, 1.54) is 11.0 Å². The fourth-order valence-corrected chi connectivity index (χ4v) is 1.91. The number of hydrogen-bond donors (Lipinski definition) is 1. The van der Waals surface area contributed by atoms with Crippen LogP contribution >= 0.6 is 0 Å². The topological polar surface area (TPSA) is 29.0 Å². The molecule has 0 fully saturated rings. The van der Waals surface area contributed by atoms with E-state index in [-0.39, 0.29) is 30.6 Å². The predicted octanol–water partition coefficient (Wildman–Crippen LogP) is -1.66. The monoisotopic (exact) mass is 332 g/mol. The molecule has 0 aliphatic heterocycles. The second-order valence-electron chi connectivity index (χ2n) is 3.66. The number of hydrogen-bond acceptors (Lipinski definition) is 1. The van der Waals surface area contributed by atoms with Crippen molar-refractivity contribution in [1.82, 2.24) is 4.57 Å². The van der Waals surface area contributed by atoms with Gasteiger partial charge in [0.15, 0.2) is 11.0 Å². The van der Waals surface area contributed by atoms with Crippen molar-refractivity contribution < 1.29 is 33.7 Å².